The predicted octanol–water partition coefficient (Wildman–Crippen LogP) is 3.33. The van der Waals surface area contributed by atoms with Crippen LogP contribution in [0.15, 0.2) is 55.0 Å². The summed E-state index contributed by atoms with van der Waals surface area (Å²) >= 11 is 0. The first kappa shape index (κ1) is 9.16. The van der Waals surface area contributed by atoms with Crippen LogP contribution in [0.3, 0.4) is 0 Å². The van der Waals surface area contributed by atoms with Gasteiger partial charge in [0.1, 0.15) is 0 Å². The van der Waals surface area contributed by atoms with Crippen LogP contribution in [0.25, 0.3) is 16.5 Å². The van der Waals surface area contributed by atoms with Crippen molar-refractivity contribution in [2.24, 2.45) is 0 Å². The summed E-state index contributed by atoms with van der Waals surface area (Å²) in [5.41, 5.74) is 2.34. The zero-order valence-electron chi connectivity index (χ0n) is 9.09. The van der Waals surface area contributed by atoms with E-state index in [1.54, 1.807) is 0 Å². The summed E-state index contributed by atoms with van der Waals surface area (Å²) in [4.78, 5) is 4.17. The van der Waals surface area contributed by atoms with Crippen LogP contribution in [-0.4, -0.2) is 9.55 Å². The second-order valence-electron chi connectivity index (χ2n) is 3.90. The summed E-state index contributed by atoms with van der Waals surface area (Å²) in [6.45, 7) is 2.06. The second-order valence-corrected chi connectivity index (χ2v) is 3.90. The Morgan fingerprint density at radius 1 is 1.00 bits per heavy atom. The van der Waals surface area contributed by atoms with Gasteiger partial charge >= 0.3 is 0 Å². The third-order valence-corrected chi connectivity index (χ3v) is 2.85. The maximum atomic E-state index is 4.17. The lowest BCUT2D eigenvalue weighted by atomic mass is 10.1. The van der Waals surface area contributed by atoms with E-state index in [9.17, 15) is 0 Å². The number of hydrogen-bond donors (Lipinski definition) is 0. The number of rotatable bonds is 1. The normalized spacial score (nSPS) is 10.8. The van der Waals surface area contributed by atoms with Crippen LogP contribution in [0.1, 0.15) is 5.69 Å². The summed E-state index contributed by atoms with van der Waals surface area (Å²) in [6.07, 6.45) is 3.74. The van der Waals surface area contributed by atoms with Crippen LogP contribution >= 0.6 is 0 Å². The average molecular weight is 208 g/mol. The molecule has 0 bridgehead atoms. The third-order valence-electron chi connectivity index (χ3n) is 2.85. The van der Waals surface area contributed by atoms with Gasteiger partial charge < -0.3 is 4.57 Å². The van der Waals surface area contributed by atoms with Crippen molar-refractivity contribution >= 4 is 10.8 Å². The molecule has 0 saturated heterocycles. The molecule has 2 heteroatoms. The van der Waals surface area contributed by atoms with E-state index >= 15 is 0 Å². The number of aryl methyl sites for hydroxylation is 1. The lowest BCUT2D eigenvalue weighted by molar-refractivity contribution is 1.01. The molecule has 16 heavy (non-hydrogen) atoms. The van der Waals surface area contributed by atoms with Crippen LogP contribution in [0.5, 0.6) is 0 Å². The molecular weight excluding hydrogens is 196 g/mol. The predicted molar refractivity (Wildman–Crippen MR) is 65.8 cm³/mol. The molecule has 3 rings (SSSR count). The maximum absolute atomic E-state index is 4.17. The van der Waals surface area contributed by atoms with Gasteiger partial charge in [0, 0.05) is 17.3 Å². The fourth-order valence-corrected chi connectivity index (χ4v) is 2.03. The fraction of sp³-hybridized carbons (Fsp3) is 0.0714. The SMILES string of the molecule is Cc1cncn1-c1cccc2ccccc12. The molecule has 2 nitrogen and oxygen atoms in total. The number of fused-ring (bicyclic) bond motifs is 1. The van der Waals surface area contributed by atoms with Crippen LogP contribution in [0, 0.1) is 6.92 Å². The van der Waals surface area contributed by atoms with E-state index in [-0.39, 0.29) is 0 Å². The molecule has 0 fully saturated rings. The van der Waals surface area contributed by atoms with E-state index in [2.05, 4.69) is 58.9 Å². The van der Waals surface area contributed by atoms with Crippen molar-refractivity contribution in [2.45, 2.75) is 6.92 Å². The summed E-state index contributed by atoms with van der Waals surface area (Å²) in [6, 6.07) is 14.7. The molecule has 0 unspecified atom stereocenters. The van der Waals surface area contributed by atoms with Crippen molar-refractivity contribution in [3.8, 4) is 5.69 Å². The summed E-state index contributed by atoms with van der Waals surface area (Å²) in [5.74, 6) is 0. The van der Waals surface area contributed by atoms with E-state index in [1.807, 2.05) is 12.5 Å². The summed E-state index contributed by atoms with van der Waals surface area (Å²) in [7, 11) is 0. The van der Waals surface area contributed by atoms with Gasteiger partial charge in [-0.3, -0.25) is 0 Å². The van der Waals surface area contributed by atoms with Gasteiger partial charge in [0.2, 0.25) is 0 Å². The van der Waals surface area contributed by atoms with E-state index in [0.29, 0.717) is 0 Å². The second kappa shape index (κ2) is 3.49. The van der Waals surface area contributed by atoms with E-state index in [0.717, 1.165) is 5.69 Å². The first-order valence-electron chi connectivity index (χ1n) is 5.33. The van der Waals surface area contributed by atoms with Gasteiger partial charge in [0.15, 0.2) is 0 Å². The minimum Gasteiger partial charge on any atom is -0.303 e. The molecule has 0 aliphatic carbocycles. The Labute approximate surface area is 94.2 Å². The van der Waals surface area contributed by atoms with Gasteiger partial charge in [-0.15, -0.1) is 0 Å². The Hall–Kier alpha value is -2.09. The Bertz CT molecular complexity index is 633. The maximum Gasteiger partial charge on any atom is 0.0994 e. The molecule has 0 atom stereocenters. The number of hydrogen-bond acceptors (Lipinski definition) is 1. The Morgan fingerprint density at radius 2 is 1.81 bits per heavy atom. The van der Waals surface area contributed by atoms with Crippen LogP contribution < -0.4 is 0 Å². The Morgan fingerprint density at radius 3 is 2.62 bits per heavy atom. The molecule has 1 aromatic heterocycles. The zero-order valence-corrected chi connectivity index (χ0v) is 9.09. The van der Waals surface area contributed by atoms with Gasteiger partial charge in [-0.1, -0.05) is 36.4 Å². The lowest BCUT2D eigenvalue weighted by Gasteiger charge is -2.08. The lowest BCUT2D eigenvalue weighted by Crippen LogP contribution is -1.95. The molecule has 0 aliphatic heterocycles. The van der Waals surface area contributed by atoms with Gasteiger partial charge in [-0.2, -0.15) is 0 Å². The standard InChI is InChI=1S/C14H12N2/c1-11-9-15-10-16(11)14-8-4-6-12-5-2-3-7-13(12)14/h2-10H,1H3. The molecule has 78 valence electrons. The highest BCUT2D eigenvalue weighted by Gasteiger charge is 2.03. The largest absolute Gasteiger partial charge is 0.303 e. The summed E-state index contributed by atoms with van der Waals surface area (Å²) < 4.78 is 2.11. The first-order valence-corrected chi connectivity index (χ1v) is 5.33. The minimum absolute atomic E-state index is 1.15. The molecule has 0 aliphatic rings. The van der Waals surface area contributed by atoms with Gasteiger partial charge in [-0.25, -0.2) is 4.98 Å². The average Bonchev–Trinajstić information content (AvgIpc) is 2.75. The van der Waals surface area contributed by atoms with Crippen molar-refractivity contribution in [1.82, 2.24) is 9.55 Å². The van der Waals surface area contributed by atoms with E-state index in [4.69, 9.17) is 0 Å². The fourth-order valence-electron chi connectivity index (χ4n) is 2.03. The highest BCUT2D eigenvalue weighted by molar-refractivity contribution is 5.90. The molecule has 1 heterocycles. The smallest absolute Gasteiger partial charge is 0.0994 e. The highest BCUT2D eigenvalue weighted by Crippen LogP contribution is 2.22. The minimum atomic E-state index is 1.15. The summed E-state index contributed by atoms with van der Waals surface area (Å²) in [5, 5.41) is 2.51. The van der Waals surface area contributed by atoms with Crippen molar-refractivity contribution in [3.63, 3.8) is 0 Å². The monoisotopic (exact) mass is 208 g/mol. The van der Waals surface area contributed by atoms with Gasteiger partial charge in [0.25, 0.3) is 0 Å². The Balaban J connectivity index is 2.36. The van der Waals surface area contributed by atoms with Crippen molar-refractivity contribution in [2.75, 3.05) is 0 Å². The molecular formula is C14H12N2. The van der Waals surface area contributed by atoms with Gasteiger partial charge in [-0.05, 0) is 18.4 Å². The number of nitrogens with zero attached hydrogens (tertiary/aromatic N) is 2. The van der Waals surface area contributed by atoms with Crippen LogP contribution in [0.2, 0.25) is 0 Å². The topological polar surface area (TPSA) is 17.8 Å². The Kier molecular flexibility index (Phi) is 2.00. The van der Waals surface area contributed by atoms with E-state index < -0.39 is 0 Å². The first-order chi connectivity index (χ1) is 7.86. The number of imidazole rings is 1. The molecule has 0 amide bonds. The molecule has 0 spiro atoms. The molecule has 3 aromatic rings. The zero-order chi connectivity index (χ0) is 11.0. The molecule has 0 N–H and O–H groups in total. The third kappa shape index (κ3) is 1.31. The molecule has 2 aromatic carbocycles. The highest BCUT2D eigenvalue weighted by atomic mass is 15.0. The van der Waals surface area contributed by atoms with Gasteiger partial charge in [0.05, 0.1) is 12.0 Å². The van der Waals surface area contributed by atoms with Crippen molar-refractivity contribution in [1.29, 1.82) is 0 Å². The molecule has 0 saturated carbocycles. The van der Waals surface area contributed by atoms with Crippen LogP contribution in [-0.2, 0) is 0 Å². The van der Waals surface area contributed by atoms with E-state index in [1.165, 1.54) is 16.5 Å². The van der Waals surface area contributed by atoms with Crippen molar-refractivity contribution < 1.29 is 0 Å². The quantitative estimate of drug-likeness (QED) is 0.599. The number of aromatic nitrogens is 2. The van der Waals surface area contributed by atoms with Crippen molar-refractivity contribution in [3.05, 3.63) is 60.7 Å². The number of benzene rings is 2. The molecule has 0 radical (unpaired) electrons. The van der Waals surface area contributed by atoms with Crippen LogP contribution in [0.4, 0.5) is 0 Å².